The van der Waals surface area contributed by atoms with Crippen molar-refractivity contribution in [3.63, 3.8) is 0 Å². The second-order valence-electron chi connectivity index (χ2n) is 8.31. The molecule has 5 aromatic carbocycles. The van der Waals surface area contributed by atoms with Crippen molar-refractivity contribution in [2.75, 3.05) is 0 Å². The number of hydrogen-bond donors (Lipinski definition) is 0. The Kier molecular flexibility index (Phi) is 4.92. The third-order valence-electron chi connectivity index (χ3n) is 6.35. The maximum absolute atomic E-state index is 2.35. The molecule has 0 saturated heterocycles. The van der Waals surface area contributed by atoms with E-state index in [9.17, 15) is 0 Å². The van der Waals surface area contributed by atoms with Crippen molar-refractivity contribution in [1.82, 2.24) is 0 Å². The zero-order valence-electron chi connectivity index (χ0n) is 18.3. The zero-order chi connectivity index (χ0) is 21.4. The number of fused-ring (bicyclic) bond motifs is 3. The number of aryl methyl sites for hydroxylation is 1. The molecular formula is C31H26. The minimum Gasteiger partial charge on any atom is -0.0841 e. The Hall–Kier alpha value is -3.64. The van der Waals surface area contributed by atoms with Crippen LogP contribution in [0.1, 0.15) is 25.0 Å². The van der Waals surface area contributed by atoms with Crippen LogP contribution in [-0.4, -0.2) is 0 Å². The molecular weight excluding hydrogens is 372 g/mol. The summed E-state index contributed by atoms with van der Waals surface area (Å²) in [4.78, 5) is 0. The van der Waals surface area contributed by atoms with E-state index < -0.39 is 0 Å². The third-order valence-corrected chi connectivity index (χ3v) is 6.35. The van der Waals surface area contributed by atoms with E-state index in [4.69, 9.17) is 0 Å². The molecule has 0 heterocycles. The van der Waals surface area contributed by atoms with Gasteiger partial charge in [0.25, 0.3) is 0 Å². The Labute approximate surface area is 184 Å². The van der Waals surface area contributed by atoms with Crippen LogP contribution < -0.4 is 0 Å². The van der Waals surface area contributed by atoms with Gasteiger partial charge in [0, 0.05) is 0 Å². The van der Waals surface area contributed by atoms with Crippen LogP contribution in [0, 0.1) is 6.92 Å². The maximum Gasteiger partial charge on any atom is -0.00966 e. The molecule has 0 amide bonds. The van der Waals surface area contributed by atoms with E-state index in [2.05, 4.69) is 124 Å². The summed E-state index contributed by atoms with van der Waals surface area (Å²) >= 11 is 0. The highest BCUT2D eigenvalue weighted by molar-refractivity contribution is 6.10. The molecule has 0 aliphatic heterocycles. The molecule has 0 aliphatic carbocycles. The quantitative estimate of drug-likeness (QED) is 0.266. The summed E-state index contributed by atoms with van der Waals surface area (Å²) in [7, 11) is 0. The Morgan fingerprint density at radius 1 is 0.581 bits per heavy atom. The van der Waals surface area contributed by atoms with Crippen LogP contribution in [0.2, 0.25) is 0 Å². The van der Waals surface area contributed by atoms with Crippen molar-refractivity contribution in [2.45, 2.75) is 20.8 Å². The van der Waals surface area contributed by atoms with E-state index in [1.807, 2.05) is 0 Å². The van der Waals surface area contributed by atoms with Gasteiger partial charge in [0.1, 0.15) is 0 Å². The second kappa shape index (κ2) is 7.89. The van der Waals surface area contributed by atoms with Gasteiger partial charge in [0.2, 0.25) is 0 Å². The van der Waals surface area contributed by atoms with E-state index in [0.29, 0.717) is 0 Å². The lowest BCUT2D eigenvalue weighted by atomic mass is 9.93. The van der Waals surface area contributed by atoms with E-state index in [-0.39, 0.29) is 0 Å². The first kappa shape index (κ1) is 19.3. The molecule has 0 unspecified atom stereocenters. The maximum atomic E-state index is 2.35. The number of allylic oxidation sites excluding steroid dienone is 2. The largest absolute Gasteiger partial charge is 0.0841 e. The molecule has 31 heavy (non-hydrogen) atoms. The second-order valence-corrected chi connectivity index (χ2v) is 8.31. The summed E-state index contributed by atoms with van der Waals surface area (Å²) < 4.78 is 0. The van der Waals surface area contributed by atoms with Gasteiger partial charge in [-0.05, 0) is 99.5 Å². The van der Waals surface area contributed by atoms with Crippen molar-refractivity contribution in [3.05, 3.63) is 114 Å². The van der Waals surface area contributed by atoms with Crippen LogP contribution >= 0.6 is 0 Å². The predicted molar refractivity (Wildman–Crippen MR) is 136 cm³/mol. The molecule has 5 aromatic rings. The smallest absolute Gasteiger partial charge is 0.00966 e. The normalized spacial score (nSPS) is 11.9. The SMILES string of the molecule is C/C=C(\C)c1cccc(-c2cccc(-c3ccc4c(C)cc5ccccc5c4c3)c2)c1. The van der Waals surface area contributed by atoms with Gasteiger partial charge in [0.05, 0.1) is 0 Å². The van der Waals surface area contributed by atoms with Crippen molar-refractivity contribution >= 4 is 27.1 Å². The summed E-state index contributed by atoms with van der Waals surface area (Å²) in [5, 5.41) is 5.27. The Morgan fingerprint density at radius 2 is 1.26 bits per heavy atom. The van der Waals surface area contributed by atoms with Crippen molar-refractivity contribution in [1.29, 1.82) is 0 Å². The van der Waals surface area contributed by atoms with Crippen molar-refractivity contribution < 1.29 is 0 Å². The molecule has 0 N–H and O–H groups in total. The van der Waals surface area contributed by atoms with Crippen molar-refractivity contribution in [3.8, 4) is 22.3 Å². The van der Waals surface area contributed by atoms with Crippen LogP contribution in [0.4, 0.5) is 0 Å². The zero-order valence-corrected chi connectivity index (χ0v) is 18.3. The summed E-state index contributed by atoms with van der Waals surface area (Å²) in [6.07, 6.45) is 2.16. The first-order valence-corrected chi connectivity index (χ1v) is 10.9. The lowest BCUT2D eigenvalue weighted by molar-refractivity contribution is 1.52. The standard InChI is InChI=1S/C31H26/c1-4-21(2)23-10-7-11-24(18-23)25-12-8-13-26(19-25)27-15-16-29-22(3)17-28-9-5-6-14-30(28)31(29)20-27/h4-20H,1-3H3/b21-4+. The number of benzene rings is 5. The fraction of sp³-hybridized carbons (Fsp3) is 0.0968. The van der Waals surface area contributed by atoms with Gasteiger partial charge in [-0.2, -0.15) is 0 Å². The van der Waals surface area contributed by atoms with Gasteiger partial charge < -0.3 is 0 Å². The average Bonchev–Trinajstić information content (AvgIpc) is 2.83. The molecule has 0 aromatic heterocycles. The molecule has 0 bridgehead atoms. The predicted octanol–water partition coefficient (Wildman–Crippen LogP) is 9.06. The van der Waals surface area contributed by atoms with Gasteiger partial charge in [0.15, 0.2) is 0 Å². The Morgan fingerprint density at radius 3 is 2.03 bits per heavy atom. The van der Waals surface area contributed by atoms with Crippen molar-refractivity contribution in [2.24, 2.45) is 0 Å². The molecule has 0 radical (unpaired) electrons. The lowest BCUT2D eigenvalue weighted by Crippen LogP contribution is -1.86. The minimum atomic E-state index is 1.25. The molecule has 0 aliphatic rings. The van der Waals surface area contributed by atoms with E-state index in [1.54, 1.807) is 0 Å². The van der Waals surface area contributed by atoms with E-state index >= 15 is 0 Å². The van der Waals surface area contributed by atoms with Gasteiger partial charge in [-0.15, -0.1) is 0 Å². The third kappa shape index (κ3) is 3.55. The molecule has 150 valence electrons. The van der Waals surface area contributed by atoms with Gasteiger partial charge in [-0.3, -0.25) is 0 Å². The first-order chi connectivity index (χ1) is 15.1. The van der Waals surface area contributed by atoms with Crippen LogP contribution in [-0.2, 0) is 0 Å². The molecule has 5 rings (SSSR count). The van der Waals surface area contributed by atoms with Crippen LogP contribution in [0.3, 0.4) is 0 Å². The lowest BCUT2D eigenvalue weighted by Gasteiger charge is -2.11. The van der Waals surface area contributed by atoms with Crippen LogP contribution in [0.15, 0.2) is 103 Å². The summed E-state index contributed by atoms with van der Waals surface area (Å²) in [5.41, 5.74) is 8.90. The number of rotatable bonds is 3. The van der Waals surface area contributed by atoms with E-state index in [1.165, 1.54) is 60.5 Å². The fourth-order valence-electron chi connectivity index (χ4n) is 4.46. The molecule has 0 fully saturated rings. The average molecular weight is 399 g/mol. The fourth-order valence-corrected chi connectivity index (χ4v) is 4.46. The van der Waals surface area contributed by atoms with Crippen LogP contribution in [0.25, 0.3) is 49.4 Å². The molecule has 0 nitrogen and oxygen atoms in total. The molecule has 0 spiro atoms. The van der Waals surface area contributed by atoms with Gasteiger partial charge >= 0.3 is 0 Å². The summed E-state index contributed by atoms with van der Waals surface area (Å²) in [5.74, 6) is 0. The highest BCUT2D eigenvalue weighted by Crippen LogP contribution is 2.34. The highest BCUT2D eigenvalue weighted by Gasteiger charge is 2.08. The molecule has 0 saturated carbocycles. The van der Waals surface area contributed by atoms with E-state index in [0.717, 1.165) is 0 Å². The topological polar surface area (TPSA) is 0 Å². The van der Waals surface area contributed by atoms with Gasteiger partial charge in [-0.1, -0.05) is 84.9 Å². The molecule has 0 heteroatoms. The monoisotopic (exact) mass is 398 g/mol. The minimum absolute atomic E-state index is 1.25. The number of hydrogen-bond acceptors (Lipinski definition) is 0. The van der Waals surface area contributed by atoms with Gasteiger partial charge in [-0.25, -0.2) is 0 Å². The Balaban J connectivity index is 1.64. The summed E-state index contributed by atoms with van der Waals surface area (Å²) in [6.45, 7) is 6.46. The summed E-state index contributed by atoms with van der Waals surface area (Å²) in [6, 6.07) is 35.5. The van der Waals surface area contributed by atoms with Crippen LogP contribution in [0.5, 0.6) is 0 Å². The molecule has 0 atom stereocenters. The first-order valence-electron chi connectivity index (χ1n) is 10.9. The highest BCUT2D eigenvalue weighted by atomic mass is 14.1. The Bertz CT molecular complexity index is 1450.